The lowest BCUT2D eigenvalue weighted by atomic mass is 9.99. The van der Waals surface area contributed by atoms with Crippen molar-refractivity contribution >= 4 is 0 Å². The quantitative estimate of drug-likeness (QED) is 0.877. The van der Waals surface area contributed by atoms with Gasteiger partial charge in [-0.05, 0) is 50.4 Å². The first kappa shape index (κ1) is 18.3. The van der Waals surface area contributed by atoms with E-state index in [0.717, 1.165) is 38.2 Å². The fourth-order valence-electron chi connectivity index (χ4n) is 4.35. The summed E-state index contributed by atoms with van der Waals surface area (Å²) in [7, 11) is 0. The van der Waals surface area contributed by atoms with Gasteiger partial charge in [-0.25, -0.2) is 4.79 Å². The molecule has 0 unspecified atom stereocenters. The second kappa shape index (κ2) is 8.28. The Labute approximate surface area is 160 Å². The summed E-state index contributed by atoms with van der Waals surface area (Å²) in [4.78, 5) is 16.8. The van der Waals surface area contributed by atoms with Gasteiger partial charge in [0.05, 0.1) is 5.56 Å². The van der Waals surface area contributed by atoms with E-state index in [9.17, 15) is 9.90 Å². The molecule has 1 aromatic carbocycles. The van der Waals surface area contributed by atoms with E-state index in [-0.39, 0.29) is 5.75 Å². The summed E-state index contributed by atoms with van der Waals surface area (Å²) in [6.07, 6.45) is 6.17. The fourth-order valence-corrected chi connectivity index (χ4v) is 4.35. The molecule has 3 heterocycles. The van der Waals surface area contributed by atoms with Crippen LogP contribution in [-0.4, -0.2) is 41.1 Å². The van der Waals surface area contributed by atoms with Crippen molar-refractivity contribution in [2.24, 2.45) is 0 Å². The Kier molecular flexibility index (Phi) is 5.60. The lowest BCUT2D eigenvalue weighted by Gasteiger charge is -2.26. The van der Waals surface area contributed by atoms with Gasteiger partial charge in [-0.15, -0.1) is 0 Å². The maximum atomic E-state index is 12.3. The van der Waals surface area contributed by atoms with E-state index >= 15 is 0 Å². The first-order chi connectivity index (χ1) is 13.2. The van der Waals surface area contributed by atoms with E-state index in [4.69, 9.17) is 4.42 Å². The summed E-state index contributed by atoms with van der Waals surface area (Å²) >= 11 is 0. The van der Waals surface area contributed by atoms with Crippen LogP contribution in [0.25, 0.3) is 0 Å². The maximum Gasteiger partial charge on any atom is 0.343 e. The van der Waals surface area contributed by atoms with Gasteiger partial charge in [0.15, 0.2) is 0 Å². The predicted octanol–water partition coefficient (Wildman–Crippen LogP) is 3.32. The minimum absolute atomic E-state index is 0.125. The molecule has 1 atom stereocenters. The molecule has 2 aliphatic heterocycles. The van der Waals surface area contributed by atoms with Crippen molar-refractivity contribution in [3.05, 3.63) is 63.7 Å². The van der Waals surface area contributed by atoms with Crippen LogP contribution >= 0.6 is 0 Å². The summed E-state index contributed by atoms with van der Waals surface area (Å²) in [5.41, 5.74) is 2.05. The molecule has 2 aromatic rings. The Bertz CT molecular complexity index is 812. The van der Waals surface area contributed by atoms with Gasteiger partial charge in [-0.3, -0.25) is 9.80 Å². The summed E-state index contributed by atoms with van der Waals surface area (Å²) in [6.45, 7) is 5.01. The van der Waals surface area contributed by atoms with Crippen molar-refractivity contribution in [2.75, 3.05) is 26.2 Å². The van der Waals surface area contributed by atoms with Gasteiger partial charge in [0.25, 0.3) is 0 Å². The van der Waals surface area contributed by atoms with E-state index in [1.807, 2.05) is 6.07 Å². The first-order valence-corrected chi connectivity index (χ1v) is 10.0. The molecule has 1 aromatic heterocycles. The highest BCUT2D eigenvalue weighted by Gasteiger charge is 2.26. The van der Waals surface area contributed by atoms with Crippen molar-refractivity contribution in [1.29, 1.82) is 0 Å². The van der Waals surface area contributed by atoms with Crippen molar-refractivity contribution in [1.82, 2.24) is 9.80 Å². The summed E-state index contributed by atoms with van der Waals surface area (Å²) in [6, 6.07) is 10.5. The number of nitrogens with zero attached hydrogens (tertiary/aromatic N) is 2. The Morgan fingerprint density at radius 2 is 1.78 bits per heavy atom. The largest absolute Gasteiger partial charge is 0.507 e. The molecular formula is C22H28N2O3. The van der Waals surface area contributed by atoms with E-state index in [1.165, 1.54) is 31.1 Å². The highest BCUT2D eigenvalue weighted by Crippen LogP contribution is 2.30. The van der Waals surface area contributed by atoms with Gasteiger partial charge in [0.2, 0.25) is 0 Å². The third kappa shape index (κ3) is 4.25. The number of likely N-dealkylation sites (tertiary alicyclic amines) is 2. The van der Waals surface area contributed by atoms with Crippen molar-refractivity contribution in [3.63, 3.8) is 0 Å². The predicted molar refractivity (Wildman–Crippen MR) is 105 cm³/mol. The van der Waals surface area contributed by atoms with E-state index in [0.29, 0.717) is 24.6 Å². The van der Waals surface area contributed by atoms with Gasteiger partial charge in [0.1, 0.15) is 12.0 Å². The van der Waals surface area contributed by atoms with Crippen LogP contribution in [0.1, 0.15) is 48.3 Å². The van der Waals surface area contributed by atoms with Crippen LogP contribution in [-0.2, 0) is 13.1 Å². The van der Waals surface area contributed by atoms with Crippen molar-refractivity contribution < 1.29 is 9.52 Å². The number of aromatic hydroxyl groups is 1. The van der Waals surface area contributed by atoms with Crippen LogP contribution in [0.15, 0.2) is 45.8 Å². The zero-order valence-corrected chi connectivity index (χ0v) is 15.8. The molecule has 1 N–H and O–H groups in total. The van der Waals surface area contributed by atoms with Crippen LogP contribution < -0.4 is 5.63 Å². The SMILES string of the molecule is O=c1occ(CN2CCCCC2)c(O)c1CN1CC[C@H](c2ccccc2)C1. The van der Waals surface area contributed by atoms with Gasteiger partial charge >= 0.3 is 5.63 Å². The maximum absolute atomic E-state index is 12.3. The molecule has 0 amide bonds. The molecule has 27 heavy (non-hydrogen) atoms. The summed E-state index contributed by atoms with van der Waals surface area (Å²) < 4.78 is 5.26. The molecule has 5 heteroatoms. The van der Waals surface area contributed by atoms with E-state index in [1.54, 1.807) is 0 Å². The second-order valence-corrected chi connectivity index (χ2v) is 7.84. The van der Waals surface area contributed by atoms with Crippen LogP contribution in [0.5, 0.6) is 5.75 Å². The van der Waals surface area contributed by atoms with Crippen LogP contribution in [0, 0.1) is 0 Å². The standard InChI is InChI=1S/C22H28N2O3/c25-21-19(14-23-10-5-2-6-11-23)16-27-22(26)20(21)15-24-12-9-18(13-24)17-7-3-1-4-8-17/h1,3-4,7-8,16,18,25H,2,5-6,9-15H2/t18-/m0/s1. The zero-order chi connectivity index (χ0) is 18.6. The normalized spacial score (nSPS) is 21.6. The molecule has 2 saturated heterocycles. The van der Waals surface area contributed by atoms with Gasteiger partial charge in [-0.2, -0.15) is 0 Å². The molecule has 5 nitrogen and oxygen atoms in total. The fraction of sp³-hybridized carbons (Fsp3) is 0.500. The Morgan fingerprint density at radius 3 is 2.56 bits per heavy atom. The molecule has 4 rings (SSSR count). The monoisotopic (exact) mass is 368 g/mol. The third-order valence-electron chi connectivity index (χ3n) is 5.91. The lowest BCUT2D eigenvalue weighted by Crippen LogP contribution is -2.30. The molecule has 0 aliphatic carbocycles. The molecule has 0 bridgehead atoms. The number of rotatable bonds is 5. The summed E-state index contributed by atoms with van der Waals surface area (Å²) in [5, 5.41) is 10.7. The smallest absolute Gasteiger partial charge is 0.343 e. The van der Waals surface area contributed by atoms with Gasteiger partial charge in [0, 0.05) is 25.2 Å². The Hall–Kier alpha value is -2.11. The average Bonchev–Trinajstić information content (AvgIpc) is 3.18. The Balaban J connectivity index is 1.45. The van der Waals surface area contributed by atoms with Gasteiger partial charge in [-0.1, -0.05) is 36.8 Å². The first-order valence-electron chi connectivity index (χ1n) is 10.0. The van der Waals surface area contributed by atoms with Gasteiger partial charge < -0.3 is 9.52 Å². The molecule has 2 aliphatic rings. The zero-order valence-electron chi connectivity index (χ0n) is 15.8. The molecule has 0 spiro atoms. The topological polar surface area (TPSA) is 56.9 Å². The third-order valence-corrected chi connectivity index (χ3v) is 5.91. The number of piperidine rings is 1. The highest BCUT2D eigenvalue weighted by atomic mass is 16.4. The Morgan fingerprint density at radius 1 is 1.00 bits per heavy atom. The van der Waals surface area contributed by atoms with E-state index < -0.39 is 5.63 Å². The number of benzene rings is 1. The second-order valence-electron chi connectivity index (χ2n) is 7.84. The van der Waals surface area contributed by atoms with Crippen LogP contribution in [0.4, 0.5) is 0 Å². The minimum Gasteiger partial charge on any atom is -0.507 e. The lowest BCUT2D eigenvalue weighted by molar-refractivity contribution is 0.215. The average molecular weight is 368 g/mol. The van der Waals surface area contributed by atoms with Crippen LogP contribution in [0.3, 0.4) is 0 Å². The van der Waals surface area contributed by atoms with Crippen molar-refractivity contribution in [2.45, 2.75) is 44.7 Å². The summed E-state index contributed by atoms with van der Waals surface area (Å²) in [5.74, 6) is 0.608. The number of hydrogen-bond donors (Lipinski definition) is 1. The van der Waals surface area contributed by atoms with E-state index in [2.05, 4.69) is 34.1 Å². The molecular weight excluding hydrogens is 340 g/mol. The molecule has 2 fully saturated rings. The minimum atomic E-state index is -0.418. The highest BCUT2D eigenvalue weighted by molar-refractivity contribution is 5.36. The van der Waals surface area contributed by atoms with Crippen LogP contribution in [0.2, 0.25) is 0 Å². The molecule has 144 valence electrons. The number of hydrogen-bond acceptors (Lipinski definition) is 5. The molecule has 0 saturated carbocycles. The molecule has 0 radical (unpaired) electrons. The van der Waals surface area contributed by atoms with Crippen molar-refractivity contribution in [3.8, 4) is 5.75 Å².